The van der Waals surface area contributed by atoms with Gasteiger partial charge in [0, 0.05) is 30.0 Å². The van der Waals surface area contributed by atoms with Gasteiger partial charge in [-0.15, -0.1) is 10.1 Å². The number of hydrogen-bond acceptors (Lipinski definition) is 6. The standard InChI is InChI=1S/C24H34F2N2O6/c1-5-6-10-24(25,26)19-14-20(33-16(2)3)22(18-9-7-8-17(4)13-18)21(15-19)34-23(29)27-11-12-32-28(30)31/h13-16,18H,5-12H2,1-4H3,(H,27,29). The van der Waals surface area contributed by atoms with E-state index in [0.29, 0.717) is 18.4 Å². The molecule has 1 amide bonds. The van der Waals surface area contributed by atoms with Gasteiger partial charge < -0.3 is 19.6 Å². The highest BCUT2D eigenvalue weighted by atomic mass is 19.3. The quantitative estimate of drug-likeness (QED) is 0.163. The van der Waals surface area contributed by atoms with Gasteiger partial charge in [-0.1, -0.05) is 25.0 Å². The van der Waals surface area contributed by atoms with E-state index in [1.165, 1.54) is 12.1 Å². The Morgan fingerprint density at radius 1 is 1.32 bits per heavy atom. The Balaban J connectivity index is 2.48. The molecule has 0 saturated carbocycles. The van der Waals surface area contributed by atoms with Crippen LogP contribution in [0, 0.1) is 10.1 Å². The molecule has 0 spiro atoms. The summed E-state index contributed by atoms with van der Waals surface area (Å²) in [6.07, 6.45) is 4.07. The molecule has 1 atom stereocenters. The summed E-state index contributed by atoms with van der Waals surface area (Å²) in [5.41, 5.74) is 1.42. The highest BCUT2D eigenvalue weighted by molar-refractivity contribution is 5.72. The molecule has 0 saturated heterocycles. The molecule has 34 heavy (non-hydrogen) atoms. The number of halogens is 2. The fourth-order valence-electron chi connectivity index (χ4n) is 3.90. The van der Waals surface area contributed by atoms with E-state index in [0.717, 1.165) is 24.8 Å². The average Bonchev–Trinajstić information content (AvgIpc) is 2.74. The van der Waals surface area contributed by atoms with E-state index in [1.54, 1.807) is 13.8 Å². The fourth-order valence-corrected chi connectivity index (χ4v) is 3.90. The maximum atomic E-state index is 15.0. The van der Waals surface area contributed by atoms with Crippen molar-refractivity contribution >= 4 is 6.09 Å². The number of rotatable bonds is 12. The van der Waals surface area contributed by atoms with Crippen LogP contribution >= 0.6 is 0 Å². The molecule has 0 bridgehead atoms. The normalized spacial score (nSPS) is 16.1. The molecule has 10 heteroatoms. The molecule has 1 aromatic rings. The zero-order chi connectivity index (χ0) is 25.3. The van der Waals surface area contributed by atoms with Gasteiger partial charge in [0.25, 0.3) is 11.0 Å². The maximum absolute atomic E-state index is 15.0. The van der Waals surface area contributed by atoms with Crippen LogP contribution < -0.4 is 14.8 Å². The summed E-state index contributed by atoms with van der Waals surface area (Å²) >= 11 is 0. The van der Waals surface area contributed by atoms with E-state index in [9.17, 15) is 14.9 Å². The number of unbranched alkanes of at least 4 members (excludes halogenated alkanes) is 1. The van der Waals surface area contributed by atoms with Crippen LogP contribution in [0.4, 0.5) is 13.6 Å². The molecule has 0 fully saturated rings. The Kier molecular flexibility index (Phi) is 10.1. The first-order chi connectivity index (χ1) is 16.0. The molecule has 190 valence electrons. The highest BCUT2D eigenvalue weighted by Crippen LogP contribution is 2.46. The first-order valence-corrected chi connectivity index (χ1v) is 11.7. The molecular formula is C24H34F2N2O6. The van der Waals surface area contributed by atoms with Crippen molar-refractivity contribution in [3.05, 3.63) is 45.0 Å². The number of alkyl halides is 2. The minimum atomic E-state index is -3.13. The number of nitrogens with one attached hydrogen (secondary N) is 1. The summed E-state index contributed by atoms with van der Waals surface area (Å²) in [7, 11) is 0. The lowest BCUT2D eigenvalue weighted by molar-refractivity contribution is -0.757. The van der Waals surface area contributed by atoms with Gasteiger partial charge in [0.05, 0.1) is 6.10 Å². The second kappa shape index (κ2) is 12.5. The number of nitrogens with zero attached hydrogens (tertiary/aromatic N) is 1. The van der Waals surface area contributed by atoms with Gasteiger partial charge in [0.2, 0.25) is 0 Å². The van der Waals surface area contributed by atoms with Crippen molar-refractivity contribution in [2.45, 2.75) is 84.2 Å². The number of allylic oxidation sites excluding steroid dienone is 2. The van der Waals surface area contributed by atoms with E-state index in [2.05, 4.69) is 16.2 Å². The Hall–Kier alpha value is -2.91. The molecule has 1 aliphatic rings. The Morgan fingerprint density at radius 2 is 2.03 bits per heavy atom. The molecule has 1 aromatic carbocycles. The van der Waals surface area contributed by atoms with Gasteiger partial charge in [-0.3, -0.25) is 0 Å². The van der Waals surface area contributed by atoms with Crippen molar-refractivity contribution in [2.75, 3.05) is 13.2 Å². The van der Waals surface area contributed by atoms with Crippen LogP contribution in [0.15, 0.2) is 23.8 Å². The Bertz CT molecular complexity index is 888. The minimum Gasteiger partial charge on any atom is -0.491 e. The van der Waals surface area contributed by atoms with Crippen LogP contribution in [0.3, 0.4) is 0 Å². The molecular weight excluding hydrogens is 450 g/mol. The van der Waals surface area contributed by atoms with E-state index < -0.39 is 17.1 Å². The zero-order valence-corrected chi connectivity index (χ0v) is 20.2. The topological polar surface area (TPSA) is 99.9 Å². The van der Waals surface area contributed by atoms with Gasteiger partial charge in [-0.2, -0.15) is 0 Å². The number of ether oxygens (including phenoxy) is 2. The average molecular weight is 485 g/mol. The number of amides is 1. The van der Waals surface area contributed by atoms with E-state index in [-0.39, 0.29) is 48.7 Å². The first kappa shape index (κ1) is 27.3. The Morgan fingerprint density at radius 3 is 2.65 bits per heavy atom. The lowest BCUT2D eigenvalue weighted by Crippen LogP contribution is -2.31. The van der Waals surface area contributed by atoms with Crippen LogP contribution in [-0.2, 0) is 10.8 Å². The summed E-state index contributed by atoms with van der Waals surface area (Å²) in [5.74, 6) is -3.04. The van der Waals surface area contributed by atoms with Gasteiger partial charge in [-0.25, -0.2) is 13.6 Å². The number of hydrogen-bond donors (Lipinski definition) is 1. The number of carbonyl (C=O) groups is 1. The zero-order valence-electron chi connectivity index (χ0n) is 20.2. The number of carbonyl (C=O) groups excluding carboxylic acids is 1. The third-order valence-electron chi connectivity index (χ3n) is 5.45. The SMILES string of the molecule is CCCCC(F)(F)c1cc(OC(=O)NCCO[N+](=O)[O-])c(C2C=C(C)CCC2)c(OC(C)C)c1. The van der Waals surface area contributed by atoms with Gasteiger partial charge in [-0.05, 0) is 58.6 Å². The largest absolute Gasteiger partial charge is 0.491 e. The summed E-state index contributed by atoms with van der Waals surface area (Å²) in [6.45, 7) is 6.90. The van der Waals surface area contributed by atoms with Crippen molar-refractivity contribution in [3.8, 4) is 11.5 Å². The summed E-state index contributed by atoms with van der Waals surface area (Å²) < 4.78 is 41.5. The fraction of sp³-hybridized carbons (Fsp3) is 0.625. The van der Waals surface area contributed by atoms with Crippen LogP contribution in [0.1, 0.15) is 83.3 Å². The molecule has 2 rings (SSSR count). The molecule has 0 aromatic heterocycles. The molecule has 1 unspecified atom stereocenters. The number of benzene rings is 1. The predicted octanol–water partition coefficient (Wildman–Crippen LogP) is 6.27. The van der Waals surface area contributed by atoms with Crippen molar-refractivity contribution < 1.29 is 33.0 Å². The van der Waals surface area contributed by atoms with Gasteiger partial charge in [0.1, 0.15) is 18.1 Å². The monoisotopic (exact) mass is 484 g/mol. The lowest BCUT2D eigenvalue weighted by atomic mass is 9.84. The van der Waals surface area contributed by atoms with Gasteiger partial charge in [0.15, 0.2) is 0 Å². The molecule has 1 aliphatic carbocycles. The highest BCUT2D eigenvalue weighted by Gasteiger charge is 2.35. The summed E-state index contributed by atoms with van der Waals surface area (Å²) in [5, 5.41) is 11.6. The molecule has 0 aliphatic heterocycles. The second-order valence-electron chi connectivity index (χ2n) is 8.75. The lowest BCUT2D eigenvalue weighted by Gasteiger charge is -2.27. The van der Waals surface area contributed by atoms with Crippen molar-refractivity contribution in [1.29, 1.82) is 0 Å². The third kappa shape index (κ3) is 8.14. The molecule has 8 nitrogen and oxygen atoms in total. The van der Waals surface area contributed by atoms with Crippen LogP contribution in [0.25, 0.3) is 0 Å². The van der Waals surface area contributed by atoms with E-state index in [1.807, 2.05) is 13.8 Å². The summed E-state index contributed by atoms with van der Waals surface area (Å²) in [4.78, 5) is 26.8. The molecule has 1 N–H and O–H groups in total. The molecule has 0 radical (unpaired) electrons. The van der Waals surface area contributed by atoms with Crippen molar-refractivity contribution in [1.82, 2.24) is 5.32 Å². The van der Waals surface area contributed by atoms with E-state index in [4.69, 9.17) is 9.47 Å². The van der Waals surface area contributed by atoms with Crippen molar-refractivity contribution in [2.24, 2.45) is 0 Å². The van der Waals surface area contributed by atoms with Crippen LogP contribution in [-0.4, -0.2) is 30.4 Å². The minimum absolute atomic E-state index is 0.00651. The molecule has 0 heterocycles. The van der Waals surface area contributed by atoms with E-state index >= 15 is 8.78 Å². The van der Waals surface area contributed by atoms with Crippen LogP contribution in [0.5, 0.6) is 11.5 Å². The van der Waals surface area contributed by atoms with Crippen molar-refractivity contribution in [3.63, 3.8) is 0 Å². The third-order valence-corrected chi connectivity index (χ3v) is 5.45. The Labute approximate surface area is 198 Å². The smallest absolute Gasteiger partial charge is 0.412 e. The first-order valence-electron chi connectivity index (χ1n) is 11.7. The summed E-state index contributed by atoms with van der Waals surface area (Å²) in [6, 6.07) is 2.57. The van der Waals surface area contributed by atoms with Crippen LogP contribution in [0.2, 0.25) is 0 Å². The maximum Gasteiger partial charge on any atom is 0.412 e. The van der Waals surface area contributed by atoms with Gasteiger partial charge >= 0.3 is 6.09 Å². The predicted molar refractivity (Wildman–Crippen MR) is 123 cm³/mol. The second-order valence-corrected chi connectivity index (χ2v) is 8.75.